The van der Waals surface area contributed by atoms with E-state index >= 15 is 0 Å². The third-order valence-corrected chi connectivity index (χ3v) is 6.06. The van der Waals surface area contributed by atoms with Crippen LogP contribution in [0, 0.1) is 6.92 Å². The van der Waals surface area contributed by atoms with Gasteiger partial charge in [-0.25, -0.2) is 0 Å². The molecule has 4 heteroatoms. The molecule has 33 heavy (non-hydrogen) atoms. The maximum Gasteiger partial charge on any atom is 0.305 e. The summed E-state index contributed by atoms with van der Waals surface area (Å²) in [4.78, 5) is 11.7. The number of ether oxygens (including phenoxy) is 3. The lowest BCUT2D eigenvalue weighted by atomic mass is 9.89. The van der Waals surface area contributed by atoms with Crippen LogP contribution in [0.1, 0.15) is 30.9 Å². The molecule has 0 N–H and O–H groups in total. The van der Waals surface area contributed by atoms with Gasteiger partial charge in [0.2, 0.25) is 0 Å². The normalized spacial score (nSPS) is 11.0. The number of hydrogen-bond acceptors (Lipinski definition) is 4. The minimum atomic E-state index is -0.135. The quantitative estimate of drug-likeness (QED) is 0.279. The lowest BCUT2D eigenvalue weighted by molar-refractivity contribution is -0.143. The SMILES string of the molecule is CCOC(=O)CCCc1ccc2c(-c3c(OC)ccc4ccccc34)c(OC)c(C)cc2c1. The fourth-order valence-corrected chi connectivity index (χ4v) is 4.59. The minimum Gasteiger partial charge on any atom is -0.496 e. The standard InChI is InChI=1S/C29H30O4/c1-5-33-26(30)12-8-9-20-13-15-24-22(18-20)17-19(2)29(32-4)28(24)27-23-11-7-6-10-21(23)14-16-25(27)31-3/h6-7,10-11,13-18H,5,8-9,12H2,1-4H3. The molecule has 0 heterocycles. The van der Waals surface area contributed by atoms with Gasteiger partial charge in [-0.2, -0.15) is 0 Å². The second-order valence-corrected chi connectivity index (χ2v) is 8.18. The van der Waals surface area contributed by atoms with Crippen LogP contribution >= 0.6 is 0 Å². The highest BCUT2D eigenvalue weighted by atomic mass is 16.5. The predicted octanol–water partition coefficient (Wildman–Crippen LogP) is 6.87. The zero-order chi connectivity index (χ0) is 23.4. The Balaban J connectivity index is 1.85. The van der Waals surface area contributed by atoms with Crippen molar-refractivity contribution in [1.82, 2.24) is 0 Å². The van der Waals surface area contributed by atoms with Gasteiger partial charge in [0.15, 0.2) is 0 Å². The monoisotopic (exact) mass is 442 g/mol. The van der Waals surface area contributed by atoms with E-state index < -0.39 is 0 Å². The maximum atomic E-state index is 11.7. The highest BCUT2D eigenvalue weighted by molar-refractivity contribution is 6.10. The molecule has 0 aromatic heterocycles. The van der Waals surface area contributed by atoms with Gasteiger partial charge in [0, 0.05) is 17.5 Å². The van der Waals surface area contributed by atoms with Crippen molar-refractivity contribution in [3.05, 3.63) is 71.8 Å². The molecule has 0 radical (unpaired) electrons. The molecule has 4 rings (SSSR count). The first-order valence-electron chi connectivity index (χ1n) is 11.4. The smallest absolute Gasteiger partial charge is 0.305 e. The zero-order valence-corrected chi connectivity index (χ0v) is 19.7. The summed E-state index contributed by atoms with van der Waals surface area (Å²) in [5, 5.41) is 4.54. The second kappa shape index (κ2) is 9.95. The summed E-state index contributed by atoms with van der Waals surface area (Å²) in [5.41, 5.74) is 4.35. The molecule has 0 bridgehead atoms. The number of carbonyl (C=O) groups is 1. The summed E-state index contributed by atoms with van der Waals surface area (Å²) in [7, 11) is 3.43. The Bertz CT molecular complexity index is 1310. The maximum absolute atomic E-state index is 11.7. The molecule has 0 fully saturated rings. The van der Waals surface area contributed by atoms with Crippen LogP contribution in [0.15, 0.2) is 60.7 Å². The predicted molar refractivity (Wildman–Crippen MR) is 134 cm³/mol. The highest BCUT2D eigenvalue weighted by Gasteiger charge is 2.20. The van der Waals surface area contributed by atoms with Crippen molar-refractivity contribution >= 4 is 27.5 Å². The number of fused-ring (bicyclic) bond motifs is 2. The van der Waals surface area contributed by atoms with Crippen molar-refractivity contribution < 1.29 is 19.0 Å². The van der Waals surface area contributed by atoms with Gasteiger partial charge in [0.05, 0.1) is 20.8 Å². The average molecular weight is 443 g/mol. The first-order valence-corrected chi connectivity index (χ1v) is 11.4. The number of aryl methyl sites for hydroxylation is 2. The van der Waals surface area contributed by atoms with Crippen LogP contribution in [-0.2, 0) is 16.0 Å². The molecule has 0 aliphatic heterocycles. The van der Waals surface area contributed by atoms with Gasteiger partial charge in [-0.05, 0) is 71.5 Å². The Labute approximate surface area is 195 Å². The highest BCUT2D eigenvalue weighted by Crippen LogP contribution is 2.46. The largest absolute Gasteiger partial charge is 0.496 e. The van der Waals surface area contributed by atoms with Crippen molar-refractivity contribution in [2.75, 3.05) is 20.8 Å². The van der Waals surface area contributed by atoms with E-state index in [4.69, 9.17) is 14.2 Å². The van der Waals surface area contributed by atoms with Crippen molar-refractivity contribution in [3.63, 3.8) is 0 Å². The Morgan fingerprint density at radius 3 is 2.39 bits per heavy atom. The number of carbonyl (C=O) groups excluding carboxylic acids is 1. The third kappa shape index (κ3) is 4.51. The fourth-order valence-electron chi connectivity index (χ4n) is 4.59. The molecule has 170 valence electrons. The summed E-state index contributed by atoms with van der Waals surface area (Å²) in [6.45, 7) is 4.34. The van der Waals surface area contributed by atoms with Crippen LogP contribution in [0.5, 0.6) is 11.5 Å². The molecule has 0 unspecified atom stereocenters. The molecule has 4 aromatic carbocycles. The summed E-state index contributed by atoms with van der Waals surface area (Å²) in [5.74, 6) is 1.54. The number of methoxy groups -OCH3 is 2. The van der Waals surface area contributed by atoms with E-state index in [9.17, 15) is 4.79 Å². The van der Waals surface area contributed by atoms with Crippen LogP contribution < -0.4 is 9.47 Å². The van der Waals surface area contributed by atoms with Gasteiger partial charge in [-0.1, -0.05) is 48.5 Å². The number of benzene rings is 4. The Kier molecular flexibility index (Phi) is 6.83. The molecule has 0 aliphatic carbocycles. The van der Waals surface area contributed by atoms with E-state index in [1.807, 2.05) is 19.1 Å². The molecule has 4 nitrogen and oxygen atoms in total. The van der Waals surface area contributed by atoms with E-state index in [1.54, 1.807) is 14.2 Å². The summed E-state index contributed by atoms with van der Waals surface area (Å²) in [6.07, 6.45) is 2.03. The van der Waals surface area contributed by atoms with E-state index in [-0.39, 0.29) is 5.97 Å². The van der Waals surface area contributed by atoms with Gasteiger partial charge in [-0.15, -0.1) is 0 Å². The number of rotatable bonds is 8. The van der Waals surface area contributed by atoms with Gasteiger partial charge in [0.25, 0.3) is 0 Å². The minimum absolute atomic E-state index is 0.135. The molecule has 0 atom stereocenters. The molecule has 4 aromatic rings. The van der Waals surface area contributed by atoms with Crippen LogP contribution in [0.25, 0.3) is 32.7 Å². The van der Waals surface area contributed by atoms with Crippen LogP contribution in [0.4, 0.5) is 0 Å². The molecule has 0 saturated carbocycles. The van der Waals surface area contributed by atoms with Gasteiger partial charge < -0.3 is 14.2 Å². The molecule has 0 spiro atoms. The topological polar surface area (TPSA) is 44.8 Å². The van der Waals surface area contributed by atoms with Crippen LogP contribution in [0.2, 0.25) is 0 Å². The summed E-state index contributed by atoms with van der Waals surface area (Å²) >= 11 is 0. The first-order chi connectivity index (χ1) is 16.1. The molecule has 0 aliphatic rings. The van der Waals surface area contributed by atoms with Crippen molar-refractivity contribution in [3.8, 4) is 22.6 Å². The zero-order valence-electron chi connectivity index (χ0n) is 19.7. The Morgan fingerprint density at radius 1 is 0.848 bits per heavy atom. The molecular weight excluding hydrogens is 412 g/mol. The van der Waals surface area contributed by atoms with Gasteiger partial charge in [0.1, 0.15) is 11.5 Å². The first kappa shape index (κ1) is 22.7. The summed E-state index contributed by atoms with van der Waals surface area (Å²) in [6, 6.07) is 21.1. The number of hydrogen-bond donors (Lipinski definition) is 0. The van der Waals surface area contributed by atoms with Crippen molar-refractivity contribution in [1.29, 1.82) is 0 Å². The average Bonchev–Trinajstić information content (AvgIpc) is 2.82. The summed E-state index contributed by atoms with van der Waals surface area (Å²) < 4.78 is 16.8. The lowest BCUT2D eigenvalue weighted by Crippen LogP contribution is -2.04. The lowest BCUT2D eigenvalue weighted by Gasteiger charge is -2.20. The van der Waals surface area contributed by atoms with Crippen molar-refractivity contribution in [2.24, 2.45) is 0 Å². The van der Waals surface area contributed by atoms with Gasteiger partial charge >= 0.3 is 5.97 Å². The van der Waals surface area contributed by atoms with Gasteiger partial charge in [-0.3, -0.25) is 4.79 Å². The molecular formula is C29H30O4. The molecule has 0 amide bonds. The van der Waals surface area contributed by atoms with E-state index in [0.29, 0.717) is 13.0 Å². The van der Waals surface area contributed by atoms with Crippen LogP contribution in [0.3, 0.4) is 0 Å². The van der Waals surface area contributed by atoms with E-state index in [0.717, 1.165) is 62.6 Å². The third-order valence-electron chi connectivity index (χ3n) is 6.06. The van der Waals surface area contributed by atoms with Crippen molar-refractivity contribution in [2.45, 2.75) is 33.1 Å². The second-order valence-electron chi connectivity index (χ2n) is 8.18. The fraction of sp³-hybridized carbons (Fsp3) is 0.276. The molecule has 0 saturated heterocycles. The van der Waals surface area contributed by atoms with E-state index in [1.165, 1.54) is 5.56 Å². The Hall–Kier alpha value is -3.53. The Morgan fingerprint density at radius 2 is 1.64 bits per heavy atom. The number of esters is 1. The van der Waals surface area contributed by atoms with E-state index in [2.05, 4.69) is 55.5 Å². The van der Waals surface area contributed by atoms with Crippen LogP contribution in [-0.4, -0.2) is 26.8 Å².